The zero-order valence-corrected chi connectivity index (χ0v) is 9.40. The van der Waals surface area contributed by atoms with Crippen LogP contribution in [0.3, 0.4) is 0 Å². The van der Waals surface area contributed by atoms with Crippen LogP contribution in [0.4, 0.5) is 17.6 Å². The van der Waals surface area contributed by atoms with Gasteiger partial charge in [0.1, 0.15) is 0 Å². The molecule has 16 heavy (non-hydrogen) atoms. The van der Waals surface area contributed by atoms with Gasteiger partial charge in [-0.15, -0.1) is 0 Å². The summed E-state index contributed by atoms with van der Waals surface area (Å²) >= 11 is 0. The Morgan fingerprint density at radius 3 is 1.75 bits per heavy atom. The molecule has 0 heterocycles. The summed E-state index contributed by atoms with van der Waals surface area (Å²) in [7, 11) is 0. The number of hydrogen-bond acceptors (Lipinski definition) is 0. The number of hydrogen-bond donors (Lipinski definition) is 0. The first-order valence-electron chi connectivity index (χ1n) is 4.93. The SMILES string of the molecule is CC(C)(C)c1ccccc1C(F)(F)C(F)F. The lowest BCUT2D eigenvalue weighted by atomic mass is 9.82. The van der Waals surface area contributed by atoms with Crippen molar-refractivity contribution in [3.05, 3.63) is 35.4 Å². The van der Waals surface area contributed by atoms with E-state index in [1.54, 1.807) is 26.8 Å². The summed E-state index contributed by atoms with van der Waals surface area (Å²) in [6.07, 6.45) is -3.68. The van der Waals surface area contributed by atoms with Gasteiger partial charge in [0, 0.05) is 5.56 Å². The van der Waals surface area contributed by atoms with Crippen LogP contribution in [-0.2, 0) is 11.3 Å². The topological polar surface area (TPSA) is 0 Å². The summed E-state index contributed by atoms with van der Waals surface area (Å²) in [6, 6.07) is 5.45. The molecule has 90 valence electrons. The molecule has 0 N–H and O–H groups in total. The van der Waals surface area contributed by atoms with Gasteiger partial charge in [0.2, 0.25) is 0 Å². The smallest absolute Gasteiger partial charge is 0.203 e. The fraction of sp³-hybridized carbons (Fsp3) is 0.500. The van der Waals surface area contributed by atoms with Gasteiger partial charge in [-0.1, -0.05) is 45.0 Å². The average Bonchev–Trinajstić information content (AvgIpc) is 2.16. The predicted molar refractivity (Wildman–Crippen MR) is 55.0 cm³/mol. The Morgan fingerprint density at radius 1 is 0.938 bits per heavy atom. The number of rotatable bonds is 2. The lowest BCUT2D eigenvalue weighted by molar-refractivity contribution is -0.136. The predicted octanol–water partition coefficient (Wildman–Crippen LogP) is 4.34. The van der Waals surface area contributed by atoms with E-state index in [4.69, 9.17) is 0 Å². The molecule has 4 heteroatoms. The molecule has 0 aliphatic rings. The van der Waals surface area contributed by atoms with Gasteiger partial charge >= 0.3 is 12.3 Å². The minimum absolute atomic E-state index is 0.250. The molecule has 0 nitrogen and oxygen atoms in total. The summed E-state index contributed by atoms with van der Waals surface area (Å²) in [5.74, 6) is -4.09. The summed E-state index contributed by atoms with van der Waals surface area (Å²) < 4.78 is 51.3. The van der Waals surface area contributed by atoms with Crippen molar-refractivity contribution in [3.8, 4) is 0 Å². The van der Waals surface area contributed by atoms with Crippen LogP contribution in [0.5, 0.6) is 0 Å². The van der Waals surface area contributed by atoms with Crippen LogP contribution in [0.1, 0.15) is 31.9 Å². The van der Waals surface area contributed by atoms with Crippen molar-refractivity contribution in [2.45, 2.75) is 38.5 Å². The molecule has 1 aromatic carbocycles. The third kappa shape index (κ3) is 2.36. The molecule has 1 aromatic rings. The Hall–Kier alpha value is -1.06. The monoisotopic (exact) mass is 234 g/mol. The summed E-state index contributed by atoms with van der Waals surface area (Å²) in [5.41, 5.74) is -0.924. The fourth-order valence-electron chi connectivity index (χ4n) is 1.55. The normalized spacial score (nSPS) is 13.2. The van der Waals surface area contributed by atoms with E-state index in [-0.39, 0.29) is 5.56 Å². The van der Waals surface area contributed by atoms with Crippen molar-refractivity contribution in [1.82, 2.24) is 0 Å². The molecule has 0 aliphatic heterocycles. The molecule has 0 saturated heterocycles. The fourth-order valence-corrected chi connectivity index (χ4v) is 1.55. The molecule has 1 rings (SSSR count). The third-order valence-corrected chi connectivity index (χ3v) is 2.37. The molecular weight excluding hydrogens is 220 g/mol. The quantitative estimate of drug-likeness (QED) is 0.668. The van der Waals surface area contributed by atoms with Crippen LogP contribution in [0, 0.1) is 0 Å². The summed E-state index contributed by atoms with van der Waals surface area (Å²) in [4.78, 5) is 0. The Labute approximate surface area is 92.3 Å². The molecular formula is C12H14F4. The van der Waals surface area contributed by atoms with Gasteiger partial charge < -0.3 is 0 Å². The van der Waals surface area contributed by atoms with Crippen molar-refractivity contribution in [2.75, 3.05) is 0 Å². The van der Waals surface area contributed by atoms with Crippen LogP contribution in [0.25, 0.3) is 0 Å². The van der Waals surface area contributed by atoms with E-state index < -0.39 is 23.3 Å². The Bertz CT molecular complexity index is 364. The molecule has 0 fully saturated rings. The van der Waals surface area contributed by atoms with E-state index in [2.05, 4.69) is 0 Å². The van der Waals surface area contributed by atoms with Crippen LogP contribution in [-0.4, -0.2) is 6.43 Å². The van der Waals surface area contributed by atoms with Crippen molar-refractivity contribution in [3.63, 3.8) is 0 Å². The minimum Gasteiger partial charge on any atom is -0.203 e. The maximum Gasteiger partial charge on any atom is 0.332 e. The Kier molecular flexibility index (Phi) is 3.31. The number of halogens is 4. The molecule has 0 radical (unpaired) electrons. The highest BCUT2D eigenvalue weighted by Gasteiger charge is 2.45. The van der Waals surface area contributed by atoms with Gasteiger partial charge in [0.25, 0.3) is 0 Å². The van der Waals surface area contributed by atoms with Crippen molar-refractivity contribution < 1.29 is 17.6 Å². The molecule has 0 aromatic heterocycles. The van der Waals surface area contributed by atoms with Crippen LogP contribution in [0.2, 0.25) is 0 Å². The van der Waals surface area contributed by atoms with Gasteiger partial charge in [0.15, 0.2) is 0 Å². The molecule has 0 saturated carbocycles. The van der Waals surface area contributed by atoms with E-state index in [0.717, 1.165) is 6.07 Å². The van der Waals surface area contributed by atoms with E-state index in [0.29, 0.717) is 0 Å². The van der Waals surface area contributed by atoms with Crippen LogP contribution in [0.15, 0.2) is 24.3 Å². The van der Waals surface area contributed by atoms with Crippen molar-refractivity contribution >= 4 is 0 Å². The zero-order valence-electron chi connectivity index (χ0n) is 9.40. The second-order valence-electron chi connectivity index (χ2n) is 4.72. The Morgan fingerprint density at radius 2 is 1.38 bits per heavy atom. The van der Waals surface area contributed by atoms with Gasteiger partial charge in [-0.05, 0) is 11.0 Å². The summed E-state index contributed by atoms with van der Waals surface area (Å²) in [5, 5.41) is 0. The highest BCUT2D eigenvalue weighted by Crippen LogP contribution is 2.40. The van der Waals surface area contributed by atoms with E-state index in [1.807, 2.05) is 0 Å². The van der Waals surface area contributed by atoms with Crippen molar-refractivity contribution in [1.29, 1.82) is 0 Å². The molecule has 0 bridgehead atoms. The molecule has 0 aliphatic carbocycles. The maximum atomic E-state index is 13.3. The van der Waals surface area contributed by atoms with Crippen LogP contribution >= 0.6 is 0 Å². The maximum absolute atomic E-state index is 13.3. The second-order valence-corrected chi connectivity index (χ2v) is 4.72. The van der Waals surface area contributed by atoms with E-state index in [9.17, 15) is 17.6 Å². The van der Waals surface area contributed by atoms with Crippen molar-refractivity contribution in [2.24, 2.45) is 0 Å². The Balaban J connectivity index is 3.35. The largest absolute Gasteiger partial charge is 0.332 e. The molecule has 0 unspecified atom stereocenters. The van der Waals surface area contributed by atoms with E-state index >= 15 is 0 Å². The average molecular weight is 234 g/mol. The standard InChI is InChI=1S/C12H14F4/c1-11(2,3)8-6-4-5-7-9(8)12(15,16)10(13)14/h4-7,10H,1-3H3. The molecule has 0 spiro atoms. The zero-order chi connectivity index (χ0) is 12.6. The molecule has 0 amide bonds. The minimum atomic E-state index is -4.09. The summed E-state index contributed by atoms with van der Waals surface area (Å²) in [6.45, 7) is 5.15. The molecule has 0 atom stereocenters. The number of alkyl halides is 4. The number of benzene rings is 1. The van der Waals surface area contributed by atoms with Gasteiger partial charge in [-0.3, -0.25) is 0 Å². The van der Waals surface area contributed by atoms with Crippen LogP contribution < -0.4 is 0 Å². The van der Waals surface area contributed by atoms with E-state index in [1.165, 1.54) is 12.1 Å². The first-order chi connectivity index (χ1) is 7.17. The first-order valence-corrected chi connectivity index (χ1v) is 4.93. The second kappa shape index (κ2) is 4.07. The highest BCUT2D eigenvalue weighted by molar-refractivity contribution is 5.36. The third-order valence-electron chi connectivity index (χ3n) is 2.37. The highest BCUT2D eigenvalue weighted by atomic mass is 19.3. The lowest BCUT2D eigenvalue weighted by Gasteiger charge is -2.26. The van der Waals surface area contributed by atoms with Gasteiger partial charge in [0.05, 0.1) is 0 Å². The first kappa shape index (κ1) is 13.0. The van der Waals surface area contributed by atoms with Gasteiger partial charge in [-0.25, -0.2) is 8.78 Å². The lowest BCUT2D eigenvalue weighted by Crippen LogP contribution is -2.28. The van der Waals surface area contributed by atoms with Gasteiger partial charge in [-0.2, -0.15) is 8.78 Å².